The van der Waals surface area contributed by atoms with Crippen LogP contribution in [0.3, 0.4) is 0 Å². The van der Waals surface area contributed by atoms with Gasteiger partial charge in [0.2, 0.25) is 0 Å². The van der Waals surface area contributed by atoms with Crippen molar-refractivity contribution >= 4 is 17.5 Å². The second-order valence-corrected chi connectivity index (χ2v) is 6.50. The summed E-state index contributed by atoms with van der Waals surface area (Å²) in [6.45, 7) is 2.65. The number of carbonyl (C=O) groups is 1. The number of hydrogen-bond donors (Lipinski definition) is 1. The summed E-state index contributed by atoms with van der Waals surface area (Å²) in [6, 6.07) is 11.5. The molecule has 132 valence electrons. The minimum atomic E-state index is -0.137. The Morgan fingerprint density at radius 1 is 1.24 bits per heavy atom. The van der Waals surface area contributed by atoms with E-state index in [-0.39, 0.29) is 11.9 Å². The molecule has 1 amide bonds. The maximum absolute atomic E-state index is 12.4. The molecule has 0 aliphatic carbocycles. The number of nitrogens with zero attached hydrogens (tertiary/aromatic N) is 2. The zero-order valence-electron chi connectivity index (χ0n) is 14.2. The SMILES string of the molecule is COc1ccc([C@H](CNC(=O)c2ccc(Cl)nc2)N2CCCC2)cc1. The van der Waals surface area contributed by atoms with Gasteiger partial charge in [-0.3, -0.25) is 9.69 Å². The van der Waals surface area contributed by atoms with Crippen LogP contribution in [0.5, 0.6) is 5.75 Å². The molecule has 0 unspecified atom stereocenters. The summed E-state index contributed by atoms with van der Waals surface area (Å²) >= 11 is 5.77. The number of rotatable bonds is 6. The van der Waals surface area contributed by atoms with Gasteiger partial charge >= 0.3 is 0 Å². The van der Waals surface area contributed by atoms with Gasteiger partial charge in [-0.15, -0.1) is 0 Å². The van der Waals surface area contributed by atoms with Crippen LogP contribution in [-0.4, -0.2) is 42.5 Å². The molecule has 2 heterocycles. The number of carbonyl (C=O) groups excluding carboxylic acids is 1. The number of halogens is 1. The van der Waals surface area contributed by atoms with Gasteiger partial charge in [0.15, 0.2) is 0 Å². The molecule has 1 atom stereocenters. The van der Waals surface area contributed by atoms with Crippen LogP contribution in [0.25, 0.3) is 0 Å². The number of likely N-dealkylation sites (tertiary alicyclic amines) is 1. The Morgan fingerprint density at radius 3 is 2.56 bits per heavy atom. The first kappa shape index (κ1) is 17.7. The van der Waals surface area contributed by atoms with Gasteiger partial charge in [-0.1, -0.05) is 23.7 Å². The quantitative estimate of drug-likeness (QED) is 0.804. The molecule has 1 aliphatic heterocycles. The van der Waals surface area contributed by atoms with Crippen LogP contribution in [0.1, 0.15) is 34.8 Å². The second-order valence-electron chi connectivity index (χ2n) is 6.11. The molecule has 1 aromatic heterocycles. The van der Waals surface area contributed by atoms with Gasteiger partial charge in [-0.2, -0.15) is 0 Å². The molecule has 1 N–H and O–H groups in total. The molecule has 3 rings (SSSR count). The summed E-state index contributed by atoms with van der Waals surface area (Å²) < 4.78 is 5.24. The van der Waals surface area contributed by atoms with Gasteiger partial charge in [-0.25, -0.2) is 4.98 Å². The van der Waals surface area contributed by atoms with E-state index in [9.17, 15) is 4.79 Å². The topological polar surface area (TPSA) is 54.5 Å². The van der Waals surface area contributed by atoms with Crippen molar-refractivity contribution in [1.29, 1.82) is 0 Å². The van der Waals surface area contributed by atoms with Crippen molar-refractivity contribution in [1.82, 2.24) is 15.2 Å². The first-order chi connectivity index (χ1) is 12.2. The molecule has 0 radical (unpaired) electrons. The summed E-state index contributed by atoms with van der Waals surface area (Å²) in [4.78, 5) is 18.8. The number of pyridine rings is 1. The van der Waals surface area contributed by atoms with Crippen molar-refractivity contribution in [2.75, 3.05) is 26.7 Å². The van der Waals surface area contributed by atoms with E-state index < -0.39 is 0 Å². The fraction of sp³-hybridized carbons (Fsp3) is 0.368. The summed E-state index contributed by atoms with van der Waals surface area (Å²) in [7, 11) is 1.66. The highest BCUT2D eigenvalue weighted by Crippen LogP contribution is 2.26. The third kappa shape index (κ3) is 4.50. The average Bonchev–Trinajstić information content (AvgIpc) is 3.17. The van der Waals surface area contributed by atoms with Crippen molar-refractivity contribution < 1.29 is 9.53 Å². The molecule has 0 saturated carbocycles. The molecule has 1 fully saturated rings. The number of benzene rings is 1. The number of amides is 1. The zero-order chi connectivity index (χ0) is 17.6. The Balaban J connectivity index is 1.70. The van der Waals surface area contributed by atoms with Crippen molar-refractivity contribution in [2.45, 2.75) is 18.9 Å². The first-order valence-electron chi connectivity index (χ1n) is 8.45. The molecule has 5 nitrogen and oxygen atoms in total. The highest BCUT2D eigenvalue weighted by Gasteiger charge is 2.24. The molecule has 0 spiro atoms. The molecule has 2 aromatic rings. The Morgan fingerprint density at radius 2 is 1.96 bits per heavy atom. The summed E-state index contributed by atoms with van der Waals surface area (Å²) in [5.41, 5.74) is 1.69. The smallest absolute Gasteiger partial charge is 0.252 e. The lowest BCUT2D eigenvalue weighted by molar-refractivity contribution is 0.0937. The average molecular weight is 360 g/mol. The Kier molecular flexibility index (Phi) is 5.89. The Bertz CT molecular complexity index is 698. The third-order valence-corrected chi connectivity index (χ3v) is 4.75. The predicted molar refractivity (Wildman–Crippen MR) is 98.1 cm³/mol. The van der Waals surface area contributed by atoms with Crippen LogP contribution in [0.2, 0.25) is 5.15 Å². The standard InChI is InChI=1S/C19H22ClN3O2/c1-25-16-7-4-14(5-8-16)17(23-10-2-3-11-23)13-22-19(24)15-6-9-18(20)21-12-15/h4-9,12,17H,2-3,10-11,13H2,1H3,(H,22,24)/t17-/m0/s1. The first-order valence-corrected chi connectivity index (χ1v) is 8.83. The lowest BCUT2D eigenvalue weighted by Gasteiger charge is -2.28. The maximum atomic E-state index is 12.4. The van der Waals surface area contributed by atoms with Crippen molar-refractivity contribution in [3.05, 3.63) is 58.9 Å². The molecular weight excluding hydrogens is 338 g/mol. The zero-order valence-corrected chi connectivity index (χ0v) is 15.0. The van der Waals surface area contributed by atoms with Crippen LogP contribution in [0.15, 0.2) is 42.6 Å². The van der Waals surface area contributed by atoms with Gasteiger partial charge in [0.1, 0.15) is 10.9 Å². The minimum absolute atomic E-state index is 0.137. The van der Waals surface area contributed by atoms with Gasteiger partial charge < -0.3 is 10.1 Å². The Hall–Kier alpha value is -2.11. The van der Waals surface area contributed by atoms with Crippen molar-refractivity contribution in [2.24, 2.45) is 0 Å². The van der Waals surface area contributed by atoms with Crippen LogP contribution in [-0.2, 0) is 0 Å². The maximum Gasteiger partial charge on any atom is 0.252 e. The lowest BCUT2D eigenvalue weighted by atomic mass is 10.0. The van der Waals surface area contributed by atoms with Crippen molar-refractivity contribution in [3.63, 3.8) is 0 Å². The second kappa shape index (κ2) is 8.32. The fourth-order valence-corrected chi connectivity index (χ4v) is 3.25. The largest absolute Gasteiger partial charge is 0.497 e. The number of nitrogens with one attached hydrogen (secondary N) is 1. The summed E-state index contributed by atoms with van der Waals surface area (Å²) in [6.07, 6.45) is 3.89. The molecule has 6 heteroatoms. The van der Waals surface area contributed by atoms with E-state index in [1.54, 1.807) is 19.2 Å². The molecule has 1 aliphatic rings. The highest BCUT2D eigenvalue weighted by molar-refractivity contribution is 6.29. The van der Waals surface area contributed by atoms with E-state index in [1.807, 2.05) is 12.1 Å². The summed E-state index contributed by atoms with van der Waals surface area (Å²) in [5, 5.41) is 3.41. The molecular formula is C19H22ClN3O2. The molecule has 1 saturated heterocycles. The van der Waals surface area contributed by atoms with E-state index in [0.717, 1.165) is 18.8 Å². The number of methoxy groups -OCH3 is 1. The lowest BCUT2D eigenvalue weighted by Crippen LogP contribution is -2.36. The van der Waals surface area contributed by atoms with Crippen molar-refractivity contribution in [3.8, 4) is 5.75 Å². The predicted octanol–water partition coefficient (Wildman–Crippen LogP) is 3.31. The van der Waals surface area contributed by atoms with Crippen LogP contribution >= 0.6 is 11.6 Å². The molecule has 1 aromatic carbocycles. The van der Waals surface area contributed by atoms with E-state index in [2.05, 4.69) is 27.3 Å². The molecule has 25 heavy (non-hydrogen) atoms. The van der Waals surface area contributed by atoms with Gasteiger partial charge in [0, 0.05) is 12.7 Å². The normalized spacial score (nSPS) is 15.8. The highest BCUT2D eigenvalue weighted by atomic mass is 35.5. The molecule has 0 bridgehead atoms. The third-order valence-electron chi connectivity index (χ3n) is 4.53. The Labute approximate surface area is 153 Å². The van der Waals surface area contributed by atoms with E-state index in [0.29, 0.717) is 17.3 Å². The van der Waals surface area contributed by atoms with Gasteiger partial charge in [0.25, 0.3) is 5.91 Å². The minimum Gasteiger partial charge on any atom is -0.497 e. The summed E-state index contributed by atoms with van der Waals surface area (Å²) in [5.74, 6) is 0.696. The van der Waals surface area contributed by atoms with Gasteiger partial charge in [-0.05, 0) is 55.8 Å². The van der Waals surface area contributed by atoms with E-state index in [1.165, 1.54) is 24.6 Å². The van der Waals surface area contributed by atoms with E-state index >= 15 is 0 Å². The monoisotopic (exact) mass is 359 g/mol. The van der Waals surface area contributed by atoms with Gasteiger partial charge in [0.05, 0.1) is 18.7 Å². The fourth-order valence-electron chi connectivity index (χ4n) is 3.14. The van der Waals surface area contributed by atoms with Crippen LogP contribution in [0.4, 0.5) is 0 Å². The number of hydrogen-bond acceptors (Lipinski definition) is 4. The number of aromatic nitrogens is 1. The number of ether oxygens (including phenoxy) is 1. The van der Waals surface area contributed by atoms with Crippen LogP contribution in [0, 0.1) is 0 Å². The van der Waals surface area contributed by atoms with Crippen LogP contribution < -0.4 is 10.1 Å². The van der Waals surface area contributed by atoms with E-state index in [4.69, 9.17) is 16.3 Å².